The van der Waals surface area contributed by atoms with Crippen LogP contribution in [0.5, 0.6) is 0 Å². The fourth-order valence-corrected chi connectivity index (χ4v) is 3.62. The van der Waals surface area contributed by atoms with Crippen LogP contribution in [-0.2, 0) is 6.54 Å². The second-order valence-electron chi connectivity index (χ2n) is 8.00. The van der Waals surface area contributed by atoms with Gasteiger partial charge >= 0.3 is 6.18 Å². The first-order valence-corrected chi connectivity index (χ1v) is 10.3. The molecule has 1 saturated carbocycles. The summed E-state index contributed by atoms with van der Waals surface area (Å²) in [7, 11) is 0. The smallest absolute Gasteiger partial charge is 0.382 e. The Morgan fingerprint density at radius 2 is 1.94 bits per heavy atom. The molecule has 0 aromatic carbocycles. The molecule has 0 aliphatic heterocycles. The summed E-state index contributed by atoms with van der Waals surface area (Å²) in [6.07, 6.45) is 0.516. The standard InChI is InChI=1S/C23H18F3N5O2/c24-23(25,26)19(32)11-31-12-29-21-16(22(31)33)8-18(30-20(21)15-2-1-7-27-9-15)14-5-6-17(28-10-14)13-3-4-13/h1-2,5-10,12-13,19,32H,3-4,11H2. The first-order valence-electron chi connectivity index (χ1n) is 10.3. The van der Waals surface area contributed by atoms with Crippen molar-refractivity contribution in [2.75, 3.05) is 0 Å². The number of halogens is 3. The normalized spacial score (nSPS) is 15.0. The van der Waals surface area contributed by atoms with E-state index in [1.54, 1.807) is 30.7 Å². The molecule has 5 rings (SSSR count). The lowest BCUT2D eigenvalue weighted by molar-refractivity contribution is -0.207. The summed E-state index contributed by atoms with van der Waals surface area (Å²) >= 11 is 0. The van der Waals surface area contributed by atoms with Gasteiger partial charge in [-0.3, -0.25) is 19.3 Å². The van der Waals surface area contributed by atoms with Gasteiger partial charge in [-0.25, -0.2) is 9.97 Å². The van der Waals surface area contributed by atoms with E-state index in [0.29, 0.717) is 28.4 Å². The zero-order valence-corrected chi connectivity index (χ0v) is 17.2. The molecule has 1 aliphatic rings. The minimum Gasteiger partial charge on any atom is -0.382 e. The summed E-state index contributed by atoms with van der Waals surface area (Å²) in [5, 5.41) is 9.52. The average molecular weight is 453 g/mol. The first-order chi connectivity index (χ1) is 15.8. The average Bonchev–Trinajstić information content (AvgIpc) is 3.66. The van der Waals surface area contributed by atoms with Crippen molar-refractivity contribution in [3.63, 3.8) is 0 Å². The van der Waals surface area contributed by atoms with Gasteiger partial charge in [-0.1, -0.05) is 0 Å². The van der Waals surface area contributed by atoms with Crippen molar-refractivity contribution >= 4 is 10.9 Å². The lowest BCUT2D eigenvalue weighted by atomic mass is 10.1. The molecular weight excluding hydrogens is 435 g/mol. The predicted molar refractivity (Wildman–Crippen MR) is 114 cm³/mol. The van der Waals surface area contributed by atoms with Crippen LogP contribution < -0.4 is 5.56 Å². The number of fused-ring (bicyclic) bond motifs is 1. The van der Waals surface area contributed by atoms with Crippen LogP contribution >= 0.6 is 0 Å². The maximum Gasteiger partial charge on any atom is 0.416 e. The Labute approximate surface area is 185 Å². The van der Waals surface area contributed by atoms with Crippen LogP contribution in [-0.4, -0.2) is 41.9 Å². The maximum absolute atomic E-state index is 13.1. The monoisotopic (exact) mass is 453 g/mol. The Balaban J connectivity index is 1.67. The Morgan fingerprint density at radius 3 is 2.58 bits per heavy atom. The zero-order chi connectivity index (χ0) is 23.2. The molecule has 0 spiro atoms. The van der Waals surface area contributed by atoms with Crippen LogP contribution in [0.1, 0.15) is 24.5 Å². The summed E-state index contributed by atoms with van der Waals surface area (Å²) in [6.45, 7) is -0.956. The molecule has 1 unspecified atom stereocenters. The Morgan fingerprint density at radius 1 is 1.12 bits per heavy atom. The van der Waals surface area contributed by atoms with Gasteiger partial charge in [0.05, 0.1) is 29.6 Å². The molecule has 1 atom stereocenters. The molecule has 4 aromatic heterocycles. The summed E-state index contributed by atoms with van der Waals surface area (Å²) in [5.41, 5.74) is 2.60. The molecule has 0 bridgehead atoms. The molecule has 4 aromatic rings. The molecule has 10 heteroatoms. The number of hydrogen-bond acceptors (Lipinski definition) is 6. The van der Waals surface area contributed by atoms with E-state index in [-0.39, 0.29) is 10.9 Å². The predicted octanol–water partition coefficient (Wildman–Crippen LogP) is 3.72. The van der Waals surface area contributed by atoms with Gasteiger partial charge in [0.25, 0.3) is 5.56 Å². The van der Waals surface area contributed by atoms with Crippen molar-refractivity contribution in [1.29, 1.82) is 0 Å². The van der Waals surface area contributed by atoms with Crippen molar-refractivity contribution in [3.8, 4) is 22.5 Å². The molecule has 1 fully saturated rings. The topological polar surface area (TPSA) is 93.8 Å². The molecule has 0 radical (unpaired) electrons. The molecule has 1 N–H and O–H groups in total. The van der Waals surface area contributed by atoms with Gasteiger partial charge < -0.3 is 5.11 Å². The second-order valence-corrected chi connectivity index (χ2v) is 8.00. The highest BCUT2D eigenvalue weighted by atomic mass is 19.4. The van der Waals surface area contributed by atoms with E-state index < -0.39 is 24.4 Å². The molecule has 168 valence electrons. The van der Waals surface area contributed by atoms with E-state index in [0.717, 1.165) is 29.4 Å². The number of aliphatic hydroxyl groups excluding tert-OH is 1. The quantitative estimate of drug-likeness (QED) is 0.495. The van der Waals surface area contributed by atoms with E-state index >= 15 is 0 Å². The lowest BCUT2D eigenvalue weighted by Gasteiger charge is -2.16. The van der Waals surface area contributed by atoms with Crippen LogP contribution in [0.3, 0.4) is 0 Å². The van der Waals surface area contributed by atoms with Crippen molar-refractivity contribution < 1.29 is 18.3 Å². The number of nitrogens with zero attached hydrogens (tertiary/aromatic N) is 5. The molecule has 1 aliphatic carbocycles. The Kier molecular flexibility index (Phi) is 5.16. The highest BCUT2D eigenvalue weighted by Crippen LogP contribution is 2.39. The third kappa shape index (κ3) is 4.21. The maximum atomic E-state index is 13.1. The minimum atomic E-state index is -4.85. The lowest BCUT2D eigenvalue weighted by Crippen LogP contribution is -2.36. The van der Waals surface area contributed by atoms with E-state index in [1.807, 2.05) is 12.1 Å². The first kappa shape index (κ1) is 21.2. The molecule has 0 saturated heterocycles. The van der Waals surface area contributed by atoms with E-state index in [4.69, 9.17) is 0 Å². The fourth-order valence-electron chi connectivity index (χ4n) is 3.62. The van der Waals surface area contributed by atoms with Gasteiger partial charge in [-0.05, 0) is 43.2 Å². The zero-order valence-electron chi connectivity index (χ0n) is 17.2. The third-order valence-electron chi connectivity index (χ3n) is 5.57. The number of aromatic nitrogens is 5. The molecule has 7 nitrogen and oxygen atoms in total. The van der Waals surface area contributed by atoms with Crippen molar-refractivity contribution in [1.82, 2.24) is 24.5 Å². The van der Waals surface area contributed by atoms with Crippen LogP contribution in [0.2, 0.25) is 0 Å². The number of pyridine rings is 3. The van der Waals surface area contributed by atoms with Gasteiger partial charge in [0, 0.05) is 41.3 Å². The summed E-state index contributed by atoms with van der Waals surface area (Å²) in [6, 6.07) is 8.75. The highest BCUT2D eigenvalue weighted by molar-refractivity contribution is 5.93. The van der Waals surface area contributed by atoms with Crippen molar-refractivity contribution in [2.24, 2.45) is 0 Å². The number of rotatable bonds is 5. The number of aliphatic hydroxyl groups is 1. The molecule has 33 heavy (non-hydrogen) atoms. The SMILES string of the molecule is O=c1c2cc(-c3ccc(C4CC4)nc3)nc(-c3cccnc3)c2ncn1CC(O)C(F)(F)F. The Hall–Kier alpha value is -3.66. The van der Waals surface area contributed by atoms with E-state index in [9.17, 15) is 23.1 Å². The number of hydrogen-bond donors (Lipinski definition) is 1. The van der Waals surface area contributed by atoms with Gasteiger partial charge in [0.1, 0.15) is 5.52 Å². The molecule has 0 amide bonds. The summed E-state index contributed by atoms with van der Waals surface area (Å²) in [5.74, 6) is 0.478. The Bertz CT molecular complexity index is 1370. The van der Waals surface area contributed by atoms with Gasteiger partial charge in [-0.2, -0.15) is 13.2 Å². The van der Waals surface area contributed by atoms with Gasteiger partial charge in [-0.15, -0.1) is 0 Å². The van der Waals surface area contributed by atoms with Gasteiger partial charge in [0.15, 0.2) is 6.10 Å². The van der Waals surface area contributed by atoms with Crippen LogP contribution in [0.15, 0.2) is 60.0 Å². The fraction of sp³-hybridized carbons (Fsp3) is 0.261. The largest absolute Gasteiger partial charge is 0.416 e. The van der Waals surface area contributed by atoms with Crippen LogP contribution in [0.4, 0.5) is 13.2 Å². The van der Waals surface area contributed by atoms with E-state index in [2.05, 4.69) is 19.9 Å². The van der Waals surface area contributed by atoms with Crippen LogP contribution in [0.25, 0.3) is 33.4 Å². The van der Waals surface area contributed by atoms with Crippen molar-refractivity contribution in [3.05, 3.63) is 71.3 Å². The summed E-state index contributed by atoms with van der Waals surface area (Å²) < 4.78 is 39.3. The summed E-state index contributed by atoms with van der Waals surface area (Å²) in [4.78, 5) is 30.6. The third-order valence-corrected chi connectivity index (χ3v) is 5.57. The second kappa shape index (κ2) is 8.04. The highest BCUT2D eigenvalue weighted by Gasteiger charge is 2.38. The minimum absolute atomic E-state index is 0.0852. The molecule has 4 heterocycles. The van der Waals surface area contributed by atoms with Crippen molar-refractivity contribution in [2.45, 2.75) is 37.6 Å². The number of alkyl halides is 3. The van der Waals surface area contributed by atoms with E-state index in [1.165, 1.54) is 6.07 Å². The van der Waals surface area contributed by atoms with Gasteiger partial charge in [0.2, 0.25) is 0 Å². The molecular formula is C23H18F3N5O2. The van der Waals surface area contributed by atoms with Crippen LogP contribution in [0, 0.1) is 0 Å².